The Bertz CT molecular complexity index is 99.7. The SMILES string of the molecule is NCC(S)CCC1CCCC1. The normalized spacial score (nSPS) is 22.4. The van der Waals surface area contributed by atoms with E-state index in [0.29, 0.717) is 5.25 Å². The maximum atomic E-state index is 5.48. The molecule has 1 aliphatic carbocycles. The number of hydrogen-bond acceptors (Lipinski definition) is 2. The van der Waals surface area contributed by atoms with E-state index in [1.807, 2.05) is 0 Å². The minimum atomic E-state index is 0.440. The molecule has 0 aromatic heterocycles. The lowest BCUT2D eigenvalue weighted by Crippen LogP contribution is -2.14. The van der Waals surface area contributed by atoms with Crippen molar-refractivity contribution < 1.29 is 0 Å². The molecular formula is C9H19NS. The summed E-state index contributed by atoms with van der Waals surface area (Å²) in [4.78, 5) is 0. The molecule has 1 rings (SSSR count). The molecule has 0 aromatic rings. The van der Waals surface area contributed by atoms with Gasteiger partial charge in [0.2, 0.25) is 0 Å². The minimum absolute atomic E-state index is 0.440. The minimum Gasteiger partial charge on any atom is -0.329 e. The van der Waals surface area contributed by atoms with Crippen LogP contribution < -0.4 is 5.73 Å². The Labute approximate surface area is 75.1 Å². The predicted octanol–water partition coefficient (Wildman–Crippen LogP) is 2.21. The summed E-state index contributed by atoms with van der Waals surface area (Å²) in [5, 5.41) is 0.440. The van der Waals surface area contributed by atoms with E-state index in [1.165, 1.54) is 38.5 Å². The summed E-state index contributed by atoms with van der Waals surface area (Å²) < 4.78 is 0. The maximum absolute atomic E-state index is 5.48. The summed E-state index contributed by atoms with van der Waals surface area (Å²) in [5.74, 6) is 0.996. The Morgan fingerprint density at radius 3 is 2.55 bits per heavy atom. The van der Waals surface area contributed by atoms with Gasteiger partial charge in [-0.1, -0.05) is 25.7 Å². The summed E-state index contributed by atoms with van der Waals surface area (Å²) in [6.45, 7) is 0.732. The van der Waals surface area contributed by atoms with Gasteiger partial charge in [0.15, 0.2) is 0 Å². The van der Waals surface area contributed by atoms with Gasteiger partial charge < -0.3 is 5.73 Å². The van der Waals surface area contributed by atoms with Crippen LogP contribution in [0.15, 0.2) is 0 Å². The zero-order valence-corrected chi connectivity index (χ0v) is 8.02. The van der Waals surface area contributed by atoms with Crippen molar-refractivity contribution in [2.75, 3.05) is 6.54 Å². The third-order valence-electron chi connectivity index (χ3n) is 2.65. The maximum Gasteiger partial charge on any atom is 0.0140 e. The van der Waals surface area contributed by atoms with Crippen molar-refractivity contribution in [2.24, 2.45) is 11.7 Å². The third-order valence-corrected chi connectivity index (χ3v) is 3.12. The molecule has 0 radical (unpaired) electrons. The molecule has 0 amide bonds. The van der Waals surface area contributed by atoms with E-state index in [1.54, 1.807) is 0 Å². The van der Waals surface area contributed by atoms with E-state index in [4.69, 9.17) is 5.73 Å². The van der Waals surface area contributed by atoms with Crippen LogP contribution >= 0.6 is 12.6 Å². The molecule has 0 aliphatic heterocycles. The lowest BCUT2D eigenvalue weighted by molar-refractivity contribution is 0.480. The van der Waals surface area contributed by atoms with Gasteiger partial charge in [-0.25, -0.2) is 0 Å². The molecule has 1 nitrogen and oxygen atoms in total. The van der Waals surface area contributed by atoms with Crippen LogP contribution in [0.25, 0.3) is 0 Å². The fourth-order valence-corrected chi connectivity index (χ4v) is 1.99. The van der Waals surface area contributed by atoms with Crippen molar-refractivity contribution >= 4 is 12.6 Å². The van der Waals surface area contributed by atoms with E-state index < -0.39 is 0 Å². The monoisotopic (exact) mass is 173 g/mol. The van der Waals surface area contributed by atoms with Crippen LogP contribution in [-0.2, 0) is 0 Å². The molecule has 0 aromatic carbocycles. The molecule has 0 bridgehead atoms. The first kappa shape index (κ1) is 9.40. The first-order chi connectivity index (χ1) is 5.33. The second-order valence-corrected chi connectivity index (χ2v) is 4.35. The molecule has 1 fully saturated rings. The van der Waals surface area contributed by atoms with Crippen molar-refractivity contribution in [2.45, 2.75) is 43.8 Å². The zero-order valence-electron chi connectivity index (χ0n) is 7.13. The predicted molar refractivity (Wildman–Crippen MR) is 53.0 cm³/mol. The Kier molecular flexibility index (Phi) is 4.31. The summed E-state index contributed by atoms with van der Waals surface area (Å²) in [5.41, 5.74) is 5.48. The van der Waals surface area contributed by atoms with Gasteiger partial charge in [-0.3, -0.25) is 0 Å². The van der Waals surface area contributed by atoms with Crippen molar-refractivity contribution in [1.29, 1.82) is 0 Å². The molecular weight excluding hydrogens is 154 g/mol. The Hall–Kier alpha value is 0.310. The molecule has 1 aliphatic rings. The van der Waals surface area contributed by atoms with Gasteiger partial charge in [0.05, 0.1) is 0 Å². The van der Waals surface area contributed by atoms with Gasteiger partial charge in [-0.2, -0.15) is 12.6 Å². The first-order valence-corrected chi connectivity index (χ1v) is 5.22. The molecule has 11 heavy (non-hydrogen) atoms. The standard InChI is InChI=1S/C9H19NS/c10-7-9(11)6-5-8-3-1-2-4-8/h8-9,11H,1-7,10H2. The number of hydrogen-bond donors (Lipinski definition) is 2. The molecule has 0 saturated heterocycles. The lowest BCUT2D eigenvalue weighted by atomic mass is 10.0. The van der Waals surface area contributed by atoms with Crippen LogP contribution in [0.1, 0.15) is 38.5 Å². The van der Waals surface area contributed by atoms with Gasteiger partial charge in [-0.05, 0) is 18.8 Å². The van der Waals surface area contributed by atoms with Crippen LogP contribution in [0.2, 0.25) is 0 Å². The highest BCUT2D eigenvalue weighted by molar-refractivity contribution is 7.81. The molecule has 2 heteroatoms. The average Bonchev–Trinajstić information content (AvgIpc) is 2.52. The molecule has 1 atom stereocenters. The number of thiol groups is 1. The van der Waals surface area contributed by atoms with Crippen LogP contribution in [0.3, 0.4) is 0 Å². The van der Waals surface area contributed by atoms with E-state index in [9.17, 15) is 0 Å². The molecule has 1 unspecified atom stereocenters. The van der Waals surface area contributed by atoms with E-state index in [0.717, 1.165) is 12.5 Å². The summed E-state index contributed by atoms with van der Waals surface area (Å²) in [7, 11) is 0. The molecule has 0 heterocycles. The quantitative estimate of drug-likeness (QED) is 0.626. The Morgan fingerprint density at radius 1 is 1.36 bits per heavy atom. The summed E-state index contributed by atoms with van der Waals surface area (Å²) in [6.07, 6.45) is 8.36. The van der Waals surface area contributed by atoms with Gasteiger partial charge in [0.25, 0.3) is 0 Å². The van der Waals surface area contributed by atoms with Gasteiger partial charge >= 0.3 is 0 Å². The highest BCUT2D eigenvalue weighted by Crippen LogP contribution is 2.29. The average molecular weight is 173 g/mol. The number of rotatable bonds is 4. The van der Waals surface area contributed by atoms with E-state index in [2.05, 4.69) is 12.6 Å². The van der Waals surface area contributed by atoms with Crippen molar-refractivity contribution in [3.63, 3.8) is 0 Å². The lowest BCUT2D eigenvalue weighted by Gasteiger charge is -2.11. The van der Waals surface area contributed by atoms with Crippen LogP contribution in [0.4, 0.5) is 0 Å². The molecule has 0 spiro atoms. The van der Waals surface area contributed by atoms with Crippen LogP contribution in [0.5, 0.6) is 0 Å². The highest BCUT2D eigenvalue weighted by Gasteiger charge is 2.15. The molecule has 66 valence electrons. The van der Waals surface area contributed by atoms with Crippen molar-refractivity contribution in [1.82, 2.24) is 0 Å². The smallest absolute Gasteiger partial charge is 0.0140 e. The Morgan fingerprint density at radius 2 is 2.00 bits per heavy atom. The van der Waals surface area contributed by atoms with Crippen molar-refractivity contribution in [3.05, 3.63) is 0 Å². The zero-order chi connectivity index (χ0) is 8.10. The molecule has 1 saturated carbocycles. The largest absolute Gasteiger partial charge is 0.329 e. The van der Waals surface area contributed by atoms with Crippen LogP contribution in [0, 0.1) is 5.92 Å². The van der Waals surface area contributed by atoms with Gasteiger partial charge in [0, 0.05) is 11.8 Å². The fraction of sp³-hybridized carbons (Fsp3) is 1.00. The third kappa shape index (κ3) is 3.48. The number of nitrogens with two attached hydrogens (primary N) is 1. The molecule has 2 N–H and O–H groups in total. The summed E-state index contributed by atoms with van der Waals surface area (Å²) >= 11 is 4.38. The first-order valence-electron chi connectivity index (χ1n) is 4.71. The van der Waals surface area contributed by atoms with Crippen molar-refractivity contribution in [3.8, 4) is 0 Å². The van der Waals surface area contributed by atoms with E-state index in [-0.39, 0.29) is 0 Å². The van der Waals surface area contributed by atoms with Crippen LogP contribution in [-0.4, -0.2) is 11.8 Å². The Balaban J connectivity index is 2.01. The highest BCUT2D eigenvalue weighted by atomic mass is 32.1. The van der Waals surface area contributed by atoms with E-state index >= 15 is 0 Å². The summed E-state index contributed by atoms with van der Waals surface area (Å²) in [6, 6.07) is 0. The van der Waals surface area contributed by atoms with Gasteiger partial charge in [-0.15, -0.1) is 0 Å². The second kappa shape index (κ2) is 5.04. The van der Waals surface area contributed by atoms with Gasteiger partial charge in [0.1, 0.15) is 0 Å². The second-order valence-electron chi connectivity index (χ2n) is 3.62. The fourth-order valence-electron chi connectivity index (χ4n) is 1.84. The topological polar surface area (TPSA) is 26.0 Å².